The van der Waals surface area contributed by atoms with Crippen molar-refractivity contribution in [3.63, 3.8) is 0 Å². The highest BCUT2D eigenvalue weighted by Gasteiger charge is 2.22. The number of nitriles is 1. The Morgan fingerprint density at radius 2 is 1.76 bits per heavy atom. The van der Waals surface area contributed by atoms with Gasteiger partial charge in [-0.25, -0.2) is 22.8 Å². The lowest BCUT2D eigenvalue weighted by Crippen LogP contribution is -2.47. The van der Waals surface area contributed by atoms with Crippen LogP contribution in [-0.2, 0) is 9.84 Å². The third kappa shape index (κ3) is 3.71. The molecule has 0 radical (unpaired) electrons. The van der Waals surface area contributed by atoms with Gasteiger partial charge < -0.3 is 9.80 Å². The summed E-state index contributed by atoms with van der Waals surface area (Å²) in [4.78, 5) is 12.8. The van der Waals surface area contributed by atoms with Gasteiger partial charge in [-0.15, -0.1) is 0 Å². The second-order valence-corrected chi connectivity index (χ2v) is 8.92. The van der Waals surface area contributed by atoms with Gasteiger partial charge in [-0.1, -0.05) is 0 Å². The van der Waals surface area contributed by atoms with Crippen molar-refractivity contribution in [3.05, 3.63) is 54.1 Å². The molecule has 3 aromatic rings. The average molecular weight is 411 g/mol. The minimum atomic E-state index is -3.34. The molecule has 9 heteroatoms. The van der Waals surface area contributed by atoms with Crippen LogP contribution in [0.5, 0.6) is 0 Å². The average Bonchev–Trinajstić information content (AvgIpc) is 2.72. The van der Waals surface area contributed by atoms with Crippen molar-refractivity contribution in [1.82, 2.24) is 9.97 Å². The van der Waals surface area contributed by atoms with E-state index in [4.69, 9.17) is 5.26 Å². The number of hydrogen-bond acceptors (Lipinski definition) is 7. The molecule has 148 valence electrons. The van der Waals surface area contributed by atoms with Gasteiger partial charge in [0.25, 0.3) is 0 Å². The van der Waals surface area contributed by atoms with Crippen LogP contribution in [0.15, 0.2) is 47.6 Å². The third-order valence-electron chi connectivity index (χ3n) is 5.01. The summed E-state index contributed by atoms with van der Waals surface area (Å²) in [6.45, 7) is 2.32. The standard InChI is InChI=1S/C20H18FN5O2S/c1-29(27,28)15-3-4-18-16(11-15)20(24-13-23-18)26-8-6-25(7-9-26)19-5-2-14(12-22)10-17(19)21/h2-5,10-11,13H,6-9H2,1H3. The number of hydrogen-bond donors (Lipinski definition) is 0. The van der Waals surface area contributed by atoms with Crippen molar-refractivity contribution < 1.29 is 12.8 Å². The van der Waals surface area contributed by atoms with Crippen molar-refractivity contribution in [3.8, 4) is 6.07 Å². The van der Waals surface area contributed by atoms with Crippen LogP contribution in [0.2, 0.25) is 0 Å². The summed E-state index contributed by atoms with van der Waals surface area (Å²) < 4.78 is 38.2. The van der Waals surface area contributed by atoms with E-state index in [0.29, 0.717) is 54.2 Å². The Morgan fingerprint density at radius 3 is 2.41 bits per heavy atom. The molecule has 1 aliphatic heterocycles. The van der Waals surface area contributed by atoms with Crippen molar-refractivity contribution in [2.24, 2.45) is 0 Å². The molecule has 4 rings (SSSR count). The molecule has 0 N–H and O–H groups in total. The minimum absolute atomic E-state index is 0.222. The van der Waals surface area contributed by atoms with Crippen molar-refractivity contribution in [2.45, 2.75) is 4.90 Å². The molecule has 29 heavy (non-hydrogen) atoms. The van der Waals surface area contributed by atoms with Crippen molar-refractivity contribution >= 4 is 32.2 Å². The number of sulfone groups is 1. The minimum Gasteiger partial charge on any atom is -0.366 e. The van der Waals surface area contributed by atoms with Gasteiger partial charge in [-0.3, -0.25) is 0 Å². The molecule has 0 saturated carbocycles. The van der Waals surface area contributed by atoms with Gasteiger partial charge in [0.05, 0.1) is 27.7 Å². The van der Waals surface area contributed by atoms with Crippen molar-refractivity contribution in [2.75, 3.05) is 42.2 Å². The molecule has 0 atom stereocenters. The fourth-order valence-electron chi connectivity index (χ4n) is 3.50. The van der Waals surface area contributed by atoms with Crippen LogP contribution >= 0.6 is 0 Å². The summed E-state index contributed by atoms with van der Waals surface area (Å²) in [5.41, 5.74) is 1.43. The Bertz CT molecular complexity index is 1230. The Balaban J connectivity index is 1.60. The smallest absolute Gasteiger partial charge is 0.175 e. The lowest BCUT2D eigenvalue weighted by molar-refractivity contribution is 0.596. The molecule has 0 bridgehead atoms. The quantitative estimate of drug-likeness (QED) is 0.653. The van der Waals surface area contributed by atoms with Crippen LogP contribution in [0.3, 0.4) is 0 Å². The van der Waals surface area contributed by atoms with Crippen LogP contribution in [0.1, 0.15) is 5.56 Å². The van der Waals surface area contributed by atoms with E-state index < -0.39 is 15.7 Å². The van der Waals surface area contributed by atoms with Gasteiger partial charge in [0, 0.05) is 37.8 Å². The maximum Gasteiger partial charge on any atom is 0.175 e. The zero-order valence-electron chi connectivity index (χ0n) is 15.7. The van der Waals surface area contributed by atoms with E-state index in [9.17, 15) is 12.8 Å². The van der Waals surface area contributed by atoms with Crippen LogP contribution in [0.25, 0.3) is 10.9 Å². The molecule has 2 heterocycles. The van der Waals surface area contributed by atoms with Gasteiger partial charge in [0.1, 0.15) is 18.0 Å². The lowest BCUT2D eigenvalue weighted by Gasteiger charge is -2.37. The van der Waals surface area contributed by atoms with E-state index in [1.807, 2.05) is 15.9 Å². The Morgan fingerprint density at radius 1 is 1.03 bits per heavy atom. The molecule has 2 aromatic carbocycles. The van der Waals surface area contributed by atoms with E-state index in [2.05, 4.69) is 9.97 Å². The second kappa shape index (κ2) is 7.29. The molecule has 0 unspecified atom stereocenters. The molecule has 1 aliphatic rings. The number of rotatable bonds is 3. The van der Waals surface area contributed by atoms with Gasteiger partial charge in [-0.05, 0) is 36.4 Å². The highest BCUT2D eigenvalue weighted by atomic mass is 32.2. The summed E-state index contributed by atoms with van der Waals surface area (Å²) in [6, 6.07) is 11.2. The maximum absolute atomic E-state index is 14.3. The van der Waals surface area contributed by atoms with Crippen LogP contribution in [-0.4, -0.2) is 50.8 Å². The first-order valence-corrected chi connectivity index (χ1v) is 10.9. The molecule has 0 spiro atoms. The highest BCUT2D eigenvalue weighted by molar-refractivity contribution is 7.90. The van der Waals surface area contributed by atoms with E-state index >= 15 is 0 Å². The maximum atomic E-state index is 14.3. The van der Waals surface area contributed by atoms with Crippen LogP contribution < -0.4 is 9.80 Å². The largest absolute Gasteiger partial charge is 0.366 e. The Hall–Kier alpha value is -3.25. The van der Waals surface area contributed by atoms with Gasteiger partial charge in [-0.2, -0.15) is 5.26 Å². The first kappa shape index (κ1) is 19.1. The topological polar surface area (TPSA) is 90.2 Å². The molecule has 0 amide bonds. The summed E-state index contributed by atoms with van der Waals surface area (Å²) in [6.07, 6.45) is 2.63. The first-order chi connectivity index (χ1) is 13.9. The zero-order valence-corrected chi connectivity index (χ0v) is 16.5. The van der Waals surface area contributed by atoms with Gasteiger partial charge in [0.2, 0.25) is 0 Å². The number of anilines is 2. The van der Waals surface area contributed by atoms with Crippen molar-refractivity contribution in [1.29, 1.82) is 5.26 Å². The Kier molecular flexibility index (Phi) is 4.80. The second-order valence-electron chi connectivity index (χ2n) is 6.90. The summed E-state index contributed by atoms with van der Waals surface area (Å²) >= 11 is 0. The lowest BCUT2D eigenvalue weighted by atomic mass is 10.1. The van der Waals surface area contributed by atoms with E-state index in [1.165, 1.54) is 18.6 Å². The fraction of sp³-hybridized carbons (Fsp3) is 0.250. The summed E-state index contributed by atoms with van der Waals surface area (Å²) in [5, 5.41) is 9.57. The molecular weight excluding hydrogens is 393 g/mol. The summed E-state index contributed by atoms with van der Waals surface area (Å²) in [7, 11) is -3.34. The highest BCUT2D eigenvalue weighted by Crippen LogP contribution is 2.28. The first-order valence-electron chi connectivity index (χ1n) is 9.01. The molecular formula is C20H18FN5O2S. The molecule has 1 saturated heterocycles. The van der Waals surface area contributed by atoms with Gasteiger partial charge >= 0.3 is 0 Å². The van der Waals surface area contributed by atoms with E-state index in [0.717, 1.165) is 0 Å². The molecule has 1 aromatic heterocycles. The molecule has 1 fully saturated rings. The van der Waals surface area contributed by atoms with Gasteiger partial charge in [0.15, 0.2) is 9.84 Å². The predicted octanol–water partition coefficient (Wildman–Crippen LogP) is 2.37. The fourth-order valence-corrected chi connectivity index (χ4v) is 4.14. The summed E-state index contributed by atoms with van der Waals surface area (Å²) in [5.74, 6) is 0.253. The normalized spacial score (nSPS) is 14.8. The van der Waals surface area contributed by atoms with E-state index in [-0.39, 0.29) is 4.90 Å². The number of nitrogens with zero attached hydrogens (tertiary/aromatic N) is 5. The number of benzene rings is 2. The number of halogens is 1. The monoisotopic (exact) mass is 411 g/mol. The zero-order chi connectivity index (χ0) is 20.6. The third-order valence-corrected chi connectivity index (χ3v) is 6.12. The number of fused-ring (bicyclic) bond motifs is 1. The molecule has 0 aliphatic carbocycles. The predicted molar refractivity (Wildman–Crippen MR) is 108 cm³/mol. The van der Waals surface area contributed by atoms with E-state index in [1.54, 1.807) is 30.3 Å². The number of aromatic nitrogens is 2. The number of piperazine rings is 1. The molecule has 7 nitrogen and oxygen atoms in total. The SMILES string of the molecule is CS(=O)(=O)c1ccc2ncnc(N3CCN(c4ccc(C#N)cc4F)CC3)c2c1. The Labute approximate surface area is 167 Å². The van der Waals surface area contributed by atoms with Crippen LogP contribution in [0, 0.1) is 17.1 Å². The van der Waals surface area contributed by atoms with Crippen LogP contribution in [0.4, 0.5) is 15.9 Å².